The van der Waals surface area contributed by atoms with E-state index in [0.29, 0.717) is 0 Å². The molecular formula is C7H5ClF2O2. The van der Waals surface area contributed by atoms with E-state index in [1.165, 1.54) is 7.11 Å². The number of methoxy groups -OCH3 is 1. The second-order valence-electron chi connectivity index (χ2n) is 2.04. The fourth-order valence-corrected chi connectivity index (χ4v) is 0.896. The summed E-state index contributed by atoms with van der Waals surface area (Å²) in [5.74, 6) is -3.23. The molecule has 2 nitrogen and oxygen atoms in total. The van der Waals surface area contributed by atoms with Crippen molar-refractivity contribution in [3.05, 3.63) is 22.7 Å². The number of halogens is 3. The Labute approximate surface area is 72.3 Å². The van der Waals surface area contributed by atoms with Crippen LogP contribution in [0, 0.1) is 11.6 Å². The highest BCUT2D eigenvalue weighted by molar-refractivity contribution is 6.32. The number of phenols is 1. The van der Waals surface area contributed by atoms with Gasteiger partial charge in [0.25, 0.3) is 0 Å². The van der Waals surface area contributed by atoms with Crippen molar-refractivity contribution in [2.75, 3.05) is 7.11 Å². The van der Waals surface area contributed by atoms with Gasteiger partial charge in [-0.1, -0.05) is 11.6 Å². The van der Waals surface area contributed by atoms with Gasteiger partial charge in [0.2, 0.25) is 0 Å². The summed E-state index contributed by atoms with van der Waals surface area (Å²) >= 11 is 5.22. The van der Waals surface area contributed by atoms with Gasteiger partial charge in [0.05, 0.1) is 7.11 Å². The van der Waals surface area contributed by atoms with Crippen LogP contribution in [0.1, 0.15) is 0 Å². The van der Waals surface area contributed by atoms with Crippen molar-refractivity contribution >= 4 is 11.6 Å². The average molecular weight is 195 g/mol. The molecule has 0 heterocycles. The molecule has 66 valence electrons. The molecule has 0 saturated carbocycles. The highest BCUT2D eigenvalue weighted by Gasteiger charge is 2.16. The molecule has 0 aromatic heterocycles. The van der Waals surface area contributed by atoms with Crippen molar-refractivity contribution in [2.45, 2.75) is 0 Å². The van der Waals surface area contributed by atoms with Gasteiger partial charge < -0.3 is 9.84 Å². The third kappa shape index (κ3) is 1.30. The molecule has 0 aliphatic heterocycles. The fourth-order valence-electron chi connectivity index (χ4n) is 0.712. The van der Waals surface area contributed by atoms with Crippen molar-refractivity contribution in [2.24, 2.45) is 0 Å². The van der Waals surface area contributed by atoms with E-state index in [4.69, 9.17) is 16.7 Å². The Kier molecular flexibility index (Phi) is 2.38. The molecule has 0 spiro atoms. The van der Waals surface area contributed by atoms with Crippen molar-refractivity contribution in [3.63, 3.8) is 0 Å². The standard InChI is InChI=1S/C7H5ClF2O2/c1-12-4-2-3(9)7(11)5(8)6(4)10/h2,11H,1H3. The Bertz CT molecular complexity index is 315. The van der Waals surface area contributed by atoms with Crippen LogP contribution in [0.2, 0.25) is 5.02 Å². The number of hydrogen-bond donors (Lipinski definition) is 1. The van der Waals surface area contributed by atoms with Crippen LogP contribution in [0.15, 0.2) is 6.07 Å². The zero-order valence-corrected chi connectivity index (χ0v) is 6.82. The maximum Gasteiger partial charge on any atom is 0.187 e. The van der Waals surface area contributed by atoms with Gasteiger partial charge >= 0.3 is 0 Å². The molecule has 0 radical (unpaired) electrons. The number of hydrogen-bond acceptors (Lipinski definition) is 2. The Morgan fingerprint density at radius 1 is 1.50 bits per heavy atom. The van der Waals surface area contributed by atoms with Crippen LogP contribution in [0.5, 0.6) is 11.5 Å². The zero-order chi connectivity index (χ0) is 9.30. The molecule has 0 aliphatic rings. The Balaban J connectivity index is 3.39. The summed E-state index contributed by atoms with van der Waals surface area (Å²) in [4.78, 5) is 0. The summed E-state index contributed by atoms with van der Waals surface area (Å²) in [6.45, 7) is 0. The van der Waals surface area contributed by atoms with Crippen molar-refractivity contribution in [3.8, 4) is 11.5 Å². The quantitative estimate of drug-likeness (QED) is 0.696. The molecular weight excluding hydrogens is 190 g/mol. The largest absolute Gasteiger partial charge is 0.504 e. The second-order valence-corrected chi connectivity index (χ2v) is 2.42. The predicted molar refractivity (Wildman–Crippen MR) is 39.6 cm³/mol. The Morgan fingerprint density at radius 2 is 2.08 bits per heavy atom. The molecule has 0 unspecified atom stereocenters. The third-order valence-corrected chi connectivity index (χ3v) is 1.67. The molecule has 1 rings (SSSR count). The minimum Gasteiger partial charge on any atom is -0.504 e. The van der Waals surface area contributed by atoms with Crippen LogP contribution >= 0.6 is 11.6 Å². The van der Waals surface area contributed by atoms with E-state index in [1.807, 2.05) is 0 Å². The molecule has 5 heteroatoms. The third-order valence-electron chi connectivity index (χ3n) is 1.32. The van der Waals surface area contributed by atoms with Crippen LogP contribution in [0.3, 0.4) is 0 Å². The Morgan fingerprint density at radius 3 is 2.58 bits per heavy atom. The maximum atomic E-state index is 12.9. The number of rotatable bonds is 1. The fraction of sp³-hybridized carbons (Fsp3) is 0.143. The van der Waals surface area contributed by atoms with Gasteiger partial charge in [0.15, 0.2) is 23.1 Å². The van der Waals surface area contributed by atoms with E-state index in [0.717, 1.165) is 6.07 Å². The number of aromatic hydroxyl groups is 1. The normalized spacial score (nSPS) is 10.0. The SMILES string of the molecule is COc1cc(F)c(O)c(Cl)c1F. The van der Waals surface area contributed by atoms with Crippen LogP contribution in [-0.4, -0.2) is 12.2 Å². The van der Waals surface area contributed by atoms with Crippen LogP contribution in [-0.2, 0) is 0 Å². The summed E-state index contributed by atoms with van der Waals surface area (Å²) in [6, 6.07) is 0.719. The molecule has 1 aromatic carbocycles. The summed E-state index contributed by atoms with van der Waals surface area (Å²) in [5, 5.41) is 8.13. The molecule has 12 heavy (non-hydrogen) atoms. The topological polar surface area (TPSA) is 29.5 Å². The number of benzene rings is 1. The molecule has 0 atom stereocenters. The molecule has 0 amide bonds. The van der Waals surface area contributed by atoms with Crippen LogP contribution < -0.4 is 4.74 Å². The lowest BCUT2D eigenvalue weighted by Crippen LogP contribution is -1.91. The zero-order valence-electron chi connectivity index (χ0n) is 6.07. The minimum absolute atomic E-state index is 0.338. The monoisotopic (exact) mass is 194 g/mol. The van der Waals surface area contributed by atoms with Gasteiger partial charge in [0, 0.05) is 6.07 Å². The van der Waals surface area contributed by atoms with Crippen molar-refractivity contribution in [1.29, 1.82) is 0 Å². The molecule has 0 aliphatic carbocycles. The molecule has 0 fully saturated rings. The van der Waals surface area contributed by atoms with Gasteiger partial charge in [-0.25, -0.2) is 8.78 Å². The minimum atomic E-state index is -1.02. The van der Waals surface area contributed by atoms with Gasteiger partial charge in [-0.15, -0.1) is 0 Å². The van der Waals surface area contributed by atoms with Gasteiger partial charge in [0.1, 0.15) is 5.02 Å². The van der Waals surface area contributed by atoms with Crippen molar-refractivity contribution < 1.29 is 18.6 Å². The molecule has 1 N–H and O–H groups in total. The highest BCUT2D eigenvalue weighted by Crippen LogP contribution is 2.34. The van der Waals surface area contributed by atoms with Crippen LogP contribution in [0.4, 0.5) is 8.78 Å². The van der Waals surface area contributed by atoms with Gasteiger partial charge in [-0.05, 0) is 0 Å². The summed E-state index contributed by atoms with van der Waals surface area (Å²) in [6.07, 6.45) is 0. The lowest BCUT2D eigenvalue weighted by molar-refractivity contribution is 0.371. The first-order chi connectivity index (χ1) is 5.57. The van der Waals surface area contributed by atoms with E-state index in [1.54, 1.807) is 0 Å². The highest BCUT2D eigenvalue weighted by atomic mass is 35.5. The van der Waals surface area contributed by atoms with Gasteiger partial charge in [-0.3, -0.25) is 0 Å². The molecule has 0 saturated heterocycles. The number of ether oxygens (including phenoxy) is 1. The number of phenolic OH excluding ortho intramolecular Hbond substituents is 1. The van der Waals surface area contributed by atoms with E-state index in [9.17, 15) is 8.78 Å². The first-order valence-electron chi connectivity index (χ1n) is 2.98. The van der Waals surface area contributed by atoms with E-state index in [-0.39, 0.29) is 5.75 Å². The Hall–Kier alpha value is -1.03. The molecule has 1 aromatic rings. The first-order valence-corrected chi connectivity index (χ1v) is 3.36. The van der Waals surface area contributed by atoms with E-state index < -0.39 is 22.4 Å². The summed E-state index contributed by atoms with van der Waals surface area (Å²) in [5.41, 5.74) is 0. The van der Waals surface area contributed by atoms with E-state index >= 15 is 0 Å². The second kappa shape index (κ2) is 3.15. The molecule has 0 bridgehead atoms. The lowest BCUT2D eigenvalue weighted by atomic mass is 10.3. The average Bonchev–Trinajstić information content (AvgIpc) is 2.08. The smallest absolute Gasteiger partial charge is 0.187 e. The first kappa shape index (κ1) is 9.06. The lowest BCUT2D eigenvalue weighted by Gasteiger charge is -2.04. The summed E-state index contributed by atoms with van der Waals surface area (Å²) < 4.78 is 29.9. The van der Waals surface area contributed by atoms with E-state index in [2.05, 4.69) is 4.74 Å². The summed E-state index contributed by atoms with van der Waals surface area (Å²) in [7, 11) is 1.17. The predicted octanol–water partition coefficient (Wildman–Crippen LogP) is 2.33. The van der Waals surface area contributed by atoms with Gasteiger partial charge in [-0.2, -0.15) is 0 Å². The van der Waals surface area contributed by atoms with Crippen molar-refractivity contribution in [1.82, 2.24) is 0 Å². The van der Waals surface area contributed by atoms with Crippen LogP contribution in [0.25, 0.3) is 0 Å². The maximum absolute atomic E-state index is 12.9.